The van der Waals surface area contributed by atoms with E-state index in [0.29, 0.717) is 28.6 Å². The van der Waals surface area contributed by atoms with Crippen LogP contribution in [0.4, 0.5) is 0 Å². The van der Waals surface area contributed by atoms with Crippen LogP contribution in [0.2, 0.25) is 0 Å². The van der Waals surface area contributed by atoms with E-state index in [1.54, 1.807) is 0 Å². The van der Waals surface area contributed by atoms with Crippen LogP contribution in [-0.2, 0) is 0 Å². The highest BCUT2D eigenvalue weighted by Crippen LogP contribution is 2.66. The summed E-state index contributed by atoms with van der Waals surface area (Å²) in [6.45, 7) is 16.3. The van der Waals surface area contributed by atoms with Crippen molar-refractivity contribution in [3.8, 4) is 0 Å². The van der Waals surface area contributed by atoms with E-state index in [1.165, 1.54) is 44.1 Å². The Morgan fingerprint density at radius 3 is 2.53 bits per heavy atom. The molecule has 0 heterocycles. The third-order valence-electron chi connectivity index (χ3n) is 10.5. The molecule has 9 unspecified atom stereocenters. The number of hydrogen-bond acceptors (Lipinski definition) is 1. The molecule has 1 nitrogen and oxygen atoms in total. The Balaban J connectivity index is 1.54. The van der Waals surface area contributed by atoms with E-state index in [4.69, 9.17) is 0 Å². The Morgan fingerprint density at radius 2 is 1.83 bits per heavy atom. The molecule has 0 amide bonds. The minimum atomic E-state index is -0.0541. The molecule has 0 saturated heterocycles. The molecular formula is C29H46O. The van der Waals surface area contributed by atoms with Gasteiger partial charge in [0.15, 0.2) is 0 Å². The van der Waals surface area contributed by atoms with Gasteiger partial charge in [-0.2, -0.15) is 0 Å². The topological polar surface area (TPSA) is 20.2 Å². The fraction of sp³-hybridized carbons (Fsp3) is 0.793. The first kappa shape index (κ1) is 22.4. The summed E-state index contributed by atoms with van der Waals surface area (Å²) in [6.07, 6.45) is 18.8. The third kappa shape index (κ3) is 3.58. The standard InChI is InChI=1S/C29H46O/c1-7-21(19(2)3)9-8-20(4)25-12-13-26-24-11-10-22-18-23(30)14-16-28(22,5)27(24)15-17-29(25,26)6/h8-9,11,20-23,25-27,30H,2,7,10,12-18H2,1,3-6H3. The smallest absolute Gasteiger partial charge is 0.0543 e. The van der Waals surface area contributed by atoms with Gasteiger partial charge in [-0.25, -0.2) is 0 Å². The van der Waals surface area contributed by atoms with Gasteiger partial charge in [0.2, 0.25) is 0 Å². The summed E-state index contributed by atoms with van der Waals surface area (Å²) in [5.41, 5.74) is 4.04. The van der Waals surface area contributed by atoms with E-state index in [1.807, 2.05) is 5.57 Å². The van der Waals surface area contributed by atoms with Crippen molar-refractivity contribution in [1.82, 2.24) is 0 Å². The van der Waals surface area contributed by atoms with E-state index in [2.05, 4.69) is 59.4 Å². The predicted octanol–water partition coefficient (Wildman–Crippen LogP) is 7.72. The van der Waals surface area contributed by atoms with Crippen LogP contribution in [0.5, 0.6) is 0 Å². The normalized spacial score (nSPS) is 45.3. The van der Waals surface area contributed by atoms with Crippen LogP contribution in [0, 0.1) is 46.3 Å². The second-order valence-electron chi connectivity index (χ2n) is 12.0. The molecule has 4 aliphatic carbocycles. The first-order chi connectivity index (χ1) is 14.2. The van der Waals surface area contributed by atoms with Gasteiger partial charge in [0.1, 0.15) is 0 Å². The van der Waals surface area contributed by atoms with E-state index in [0.717, 1.165) is 37.0 Å². The van der Waals surface area contributed by atoms with Gasteiger partial charge in [0, 0.05) is 0 Å². The van der Waals surface area contributed by atoms with Crippen molar-refractivity contribution in [2.24, 2.45) is 46.3 Å². The SMILES string of the molecule is C=C(C)C(C=CC(C)C1CCC2C3=CCC4CC(O)CCC4(C)C3CCC21C)CC. The van der Waals surface area contributed by atoms with Crippen LogP contribution in [-0.4, -0.2) is 11.2 Å². The zero-order valence-electron chi connectivity index (χ0n) is 20.3. The largest absolute Gasteiger partial charge is 0.393 e. The number of rotatable bonds is 5. The van der Waals surface area contributed by atoms with Crippen LogP contribution >= 0.6 is 0 Å². The highest BCUT2D eigenvalue weighted by molar-refractivity contribution is 5.28. The van der Waals surface area contributed by atoms with Crippen LogP contribution < -0.4 is 0 Å². The summed E-state index contributed by atoms with van der Waals surface area (Å²) >= 11 is 0. The van der Waals surface area contributed by atoms with Crippen LogP contribution in [0.1, 0.15) is 92.4 Å². The van der Waals surface area contributed by atoms with Crippen molar-refractivity contribution >= 4 is 0 Å². The lowest BCUT2D eigenvalue weighted by atomic mass is 9.47. The maximum atomic E-state index is 10.3. The van der Waals surface area contributed by atoms with E-state index in [9.17, 15) is 5.11 Å². The highest BCUT2D eigenvalue weighted by Gasteiger charge is 2.57. The predicted molar refractivity (Wildman–Crippen MR) is 128 cm³/mol. The van der Waals surface area contributed by atoms with E-state index in [-0.39, 0.29) is 6.10 Å². The first-order valence-electron chi connectivity index (χ1n) is 12.9. The fourth-order valence-electron chi connectivity index (χ4n) is 8.49. The maximum Gasteiger partial charge on any atom is 0.0543 e. The van der Waals surface area contributed by atoms with E-state index < -0.39 is 0 Å². The molecule has 0 aromatic carbocycles. The van der Waals surface area contributed by atoms with Gasteiger partial charge in [0.25, 0.3) is 0 Å². The molecule has 0 bridgehead atoms. The molecule has 0 spiro atoms. The second-order valence-corrected chi connectivity index (χ2v) is 12.0. The Bertz CT molecular complexity index is 716. The Kier molecular flexibility index (Phi) is 6.17. The van der Waals surface area contributed by atoms with Crippen molar-refractivity contribution in [3.63, 3.8) is 0 Å². The summed E-state index contributed by atoms with van der Waals surface area (Å²) in [5.74, 6) is 4.27. The summed E-state index contributed by atoms with van der Waals surface area (Å²) < 4.78 is 0. The first-order valence-corrected chi connectivity index (χ1v) is 12.9. The molecule has 4 rings (SSSR count). The zero-order chi connectivity index (χ0) is 21.7. The van der Waals surface area contributed by atoms with Gasteiger partial charge >= 0.3 is 0 Å². The molecule has 0 aromatic heterocycles. The summed E-state index contributed by atoms with van der Waals surface area (Å²) in [7, 11) is 0. The molecule has 0 radical (unpaired) electrons. The lowest BCUT2D eigenvalue weighted by molar-refractivity contribution is -0.0414. The molecule has 3 saturated carbocycles. The minimum Gasteiger partial charge on any atom is -0.393 e. The average molecular weight is 411 g/mol. The average Bonchev–Trinajstić information content (AvgIpc) is 3.06. The van der Waals surface area contributed by atoms with Crippen LogP contribution in [0.3, 0.4) is 0 Å². The molecule has 1 heteroatoms. The number of allylic oxidation sites excluding steroid dienone is 5. The molecular weight excluding hydrogens is 364 g/mol. The summed E-state index contributed by atoms with van der Waals surface area (Å²) in [5, 5.41) is 10.3. The molecule has 30 heavy (non-hydrogen) atoms. The molecule has 4 aliphatic rings. The third-order valence-corrected chi connectivity index (χ3v) is 10.5. The van der Waals surface area contributed by atoms with Crippen LogP contribution in [0.25, 0.3) is 0 Å². The number of fused-ring (bicyclic) bond motifs is 5. The van der Waals surface area contributed by atoms with Crippen molar-refractivity contribution in [1.29, 1.82) is 0 Å². The highest BCUT2D eigenvalue weighted by atomic mass is 16.3. The Labute approximate surface area is 186 Å². The molecule has 3 fully saturated rings. The maximum absolute atomic E-state index is 10.3. The lowest BCUT2D eigenvalue weighted by Crippen LogP contribution is -2.49. The molecule has 0 aromatic rings. The van der Waals surface area contributed by atoms with Gasteiger partial charge < -0.3 is 5.11 Å². The van der Waals surface area contributed by atoms with Crippen LogP contribution in [0.15, 0.2) is 36.0 Å². The van der Waals surface area contributed by atoms with Gasteiger partial charge in [-0.3, -0.25) is 0 Å². The molecule has 9 atom stereocenters. The van der Waals surface area contributed by atoms with Crippen molar-refractivity contribution < 1.29 is 5.11 Å². The van der Waals surface area contributed by atoms with Gasteiger partial charge in [-0.05, 0) is 111 Å². The minimum absolute atomic E-state index is 0.0541. The number of aliphatic hydroxyl groups is 1. The lowest BCUT2D eigenvalue weighted by Gasteiger charge is -2.57. The summed E-state index contributed by atoms with van der Waals surface area (Å²) in [6, 6.07) is 0. The summed E-state index contributed by atoms with van der Waals surface area (Å²) in [4.78, 5) is 0. The number of hydrogen-bond donors (Lipinski definition) is 1. The monoisotopic (exact) mass is 410 g/mol. The quantitative estimate of drug-likeness (QED) is 0.460. The van der Waals surface area contributed by atoms with Crippen molar-refractivity contribution in [3.05, 3.63) is 36.0 Å². The van der Waals surface area contributed by atoms with E-state index >= 15 is 0 Å². The van der Waals surface area contributed by atoms with Gasteiger partial charge in [-0.1, -0.05) is 63.6 Å². The molecule has 168 valence electrons. The van der Waals surface area contributed by atoms with Crippen molar-refractivity contribution in [2.75, 3.05) is 0 Å². The number of aliphatic hydroxyl groups excluding tert-OH is 1. The zero-order valence-corrected chi connectivity index (χ0v) is 20.3. The van der Waals surface area contributed by atoms with Crippen molar-refractivity contribution in [2.45, 2.75) is 98.5 Å². The molecule has 1 N–H and O–H groups in total. The fourth-order valence-corrected chi connectivity index (χ4v) is 8.49. The molecule has 0 aliphatic heterocycles. The Morgan fingerprint density at radius 1 is 1.13 bits per heavy atom. The van der Waals surface area contributed by atoms with Gasteiger partial charge in [-0.15, -0.1) is 0 Å². The Hall–Kier alpha value is -0.820. The van der Waals surface area contributed by atoms with Gasteiger partial charge in [0.05, 0.1) is 6.10 Å². The second kappa shape index (κ2) is 8.27.